The van der Waals surface area contributed by atoms with Gasteiger partial charge in [0.05, 0.1) is 0 Å². The third-order valence-electron chi connectivity index (χ3n) is 1.42. The predicted octanol–water partition coefficient (Wildman–Crippen LogP) is 2.73. The molecule has 0 fully saturated rings. The second-order valence-electron chi connectivity index (χ2n) is 2.26. The summed E-state index contributed by atoms with van der Waals surface area (Å²) in [5, 5.41) is 0. The molecule has 1 rings (SSSR count). The minimum Gasteiger partial charge on any atom is -0.271 e. The van der Waals surface area contributed by atoms with Crippen LogP contribution in [0.15, 0.2) is 17.1 Å². The zero-order valence-electron chi connectivity index (χ0n) is 5.65. The Kier molecular flexibility index (Phi) is 2.40. The predicted molar refractivity (Wildman–Crippen MR) is 41.9 cm³/mol. The van der Waals surface area contributed by atoms with E-state index in [1.165, 1.54) is 6.21 Å². The number of alkyl halides is 5. The SMILES string of the molecule is FC(F)(F)C1(Cl)C=CC=NC1Cl. The second-order valence-corrected chi connectivity index (χ2v) is 3.30. The maximum absolute atomic E-state index is 12.2. The van der Waals surface area contributed by atoms with Gasteiger partial charge in [0.15, 0.2) is 10.4 Å². The first-order valence-electron chi connectivity index (χ1n) is 2.98. The smallest absolute Gasteiger partial charge is 0.271 e. The summed E-state index contributed by atoms with van der Waals surface area (Å²) in [6, 6.07) is 0. The van der Waals surface area contributed by atoms with Gasteiger partial charge in [0.1, 0.15) is 0 Å². The highest BCUT2D eigenvalue weighted by molar-refractivity contribution is 6.34. The summed E-state index contributed by atoms with van der Waals surface area (Å²) in [7, 11) is 0. The zero-order chi connectivity index (χ0) is 9.41. The van der Waals surface area contributed by atoms with Crippen molar-refractivity contribution in [3.63, 3.8) is 0 Å². The molecule has 2 atom stereocenters. The highest BCUT2D eigenvalue weighted by atomic mass is 35.5. The molecule has 0 aromatic carbocycles. The fourth-order valence-electron chi connectivity index (χ4n) is 0.726. The molecule has 6 heteroatoms. The van der Waals surface area contributed by atoms with Crippen LogP contribution in [0.4, 0.5) is 13.2 Å². The molecule has 0 N–H and O–H groups in total. The molecule has 68 valence electrons. The summed E-state index contributed by atoms with van der Waals surface area (Å²) in [6.07, 6.45) is -1.49. The Labute approximate surface area is 76.9 Å². The topological polar surface area (TPSA) is 12.4 Å². The molecule has 1 heterocycles. The molecular weight excluding hydrogens is 214 g/mol. The minimum atomic E-state index is -4.59. The van der Waals surface area contributed by atoms with Crippen LogP contribution >= 0.6 is 23.2 Å². The van der Waals surface area contributed by atoms with Crippen LogP contribution in [0.25, 0.3) is 0 Å². The molecular formula is C6H4Cl2F3N. The van der Waals surface area contributed by atoms with Gasteiger partial charge in [-0.1, -0.05) is 11.6 Å². The van der Waals surface area contributed by atoms with E-state index < -0.39 is 16.6 Å². The lowest BCUT2D eigenvalue weighted by molar-refractivity contribution is -0.150. The average molecular weight is 218 g/mol. The molecule has 2 unspecified atom stereocenters. The Morgan fingerprint density at radius 3 is 2.33 bits per heavy atom. The van der Waals surface area contributed by atoms with Gasteiger partial charge in [-0.05, 0) is 12.2 Å². The maximum Gasteiger partial charge on any atom is 0.414 e. The number of hydrogen-bond acceptors (Lipinski definition) is 1. The second kappa shape index (κ2) is 2.92. The van der Waals surface area contributed by atoms with Gasteiger partial charge in [-0.3, -0.25) is 4.99 Å². The fraction of sp³-hybridized carbons (Fsp3) is 0.500. The van der Waals surface area contributed by atoms with E-state index in [1.807, 2.05) is 0 Å². The number of dihydropyridines is 1. The van der Waals surface area contributed by atoms with Gasteiger partial charge in [-0.2, -0.15) is 13.2 Å². The summed E-state index contributed by atoms with van der Waals surface area (Å²) in [4.78, 5) is 0.785. The molecule has 0 aromatic rings. The standard InChI is InChI=1S/C6H4Cl2F3N/c7-4-5(8,6(9,10)11)2-1-3-12-4/h1-4H. The average Bonchev–Trinajstić information content (AvgIpc) is 1.93. The van der Waals surface area contributed by atoms with E-state index >= 15 is 0 Å². The van der Waals surface area contributed by atoms with Crippen LogP contribution in [0.3, 0.4) is 0 Å². The summed E-state index contributed by atoms with van der Waals surface area (Å²) in [5.74, 6) is 0. The molecule has 0 spiro atoms. The number of rotatable bonds is 0. The lowest BCUT2D eigenvalue weighted by Crippen LogP contribution is -2.46. The molecule has 0 aromatic heterocycles. The van der Waals surface area contributed by atoms with Gasteiger partial charge < -0.3 is 0 Å². The molecule has 0 bridgehead atoms. The number of nitrogens with zero attached hydrogens (tertiary/aromatic N) is 1. The van der Waals surface area contributed by atoms with Crippen molar-refractivity contribution >= 4 is 29.4 Å². The van der Waals surface area contributed by atoms with Crippen LogP contribution in [-0.2, 0) is 0 Å². The van der Waals surface area contributed by atoms with Crippen molar-refractivity contribution in [2.45, 2.75) is 16.6 Å². The molecule has 1 aliphatic heterocycles. The van der Waals surface area contributed by atoms with Crippen molar-refractivity contribution in [3.8, 4) is 0 Å². The van der Waals surface area contributed by atoms with Gasteiger partial charge in [-0.25, -0.2) is 0 Å². The van der Waals surface area contributed by atoms with Crippen molar-refractivity contribution in [1.29, 1.82) is 0 Å². The van der Waals surface area contributed by atoms with Gasteiger partial charge in [0.25, 0.3) is 0 Å². The van der Waals surface area contributed by atoms with Crippen molar-refractivity contribution in [3.05, 3.63) is 12.2 Å². The summed E-state index contributed by atoms with van der Waals surface area (Å²) in [6.45, 7) is 0. The Balaban J connectivity index is 2.99. The highest BCUT2D eigenvalue weighted by Gasteiger charge is 2.57. The van der Waals surface area contributed by atoms with Crippen LogP contribution in [0, 0.1) is 0 Å². The van der Waals surface area contributed by atoms with Crippen molar-refractivity contribution in [1.82, 2.24) is 0 Å². The van der Waals surface area contributed by atoms with Gasteiger partial charge in [-0.15, -0.1) is 11.6 Å². The van der Waals surface area contributed by atoms with E-state index in [9.17, 15) is 13.2 Å². The molecule has 1 aliphatic rings. The molecule has 12 heavy (non-hydrogen) atoms. The summed E-state index contributed by atoms with van der Waals surface area (Å²) < 4.78 is 36.7. The molecule has 0 aliphatic carbocycles. The van der Waals surface area contributed by atoms with Crippen LogP contribution in [0.2, 0.25) is 0 Å². The third-order valence-corrected chi connectivity index (χ3v) is 2.54. The maximum atomic E-state index is 12.2. The largest absolute Gasteiger partial charge is 0.414 e. The molecule has 1 nitrogen and oxygen atoms in total. The van der Waals surface area contributed by atoms with E-state index in [-0.39, 0.29) is 0 Å². The molecule has 0 saturated carbocycles. The molecule has 0 amide bonds. The van der Waals surface area contributed by atoms with Gasteiger partial charge in [0.2, 0.25) is 0 Å². The van der Waals surface area contributed by atoms with Gasteiger partial charge in [0, 0.05) is 6.21 Å². The van der Waals surface area contributed by atoms with Gasteiger partial charge >= 0.3 is 6.18 Å². The summed E-state index contributed by atoms with van der Waals surface area (Å²) >= 11 is 10.6. The van der Waals surface area contributed by atoms with Crippen molar-refractivity contribution in [2.75, 3.05) is 0 Å². The quantitative estimate of drug-likeness (QED) is 0.437. The Morgan fingerprint density at radius 2 is 2.00 bits per heavy atom. The van der Waals surface area contributed by atoms with Crippen molar-refractivity contribution < 1.29 is 13.2 Å². The Hall–Kier alpha value is -0.220. The first kappa shape index (κ1) is 9.86. The molecule has 0 radical (unpaired) electrons. The molecule has 0 saturated heterocycles. The van der Waals surface area contributed by atoms with E-state index in [1.54, 1.807) is 0 Å². The number of aliphatic imine (C=N–C) groups is 1. The van der Waals surface area contributed by atoms with E-state index in [2.05, 4.69) is 4.99 Å². The number of allylic oxidation sites excluding steroid dienone is 1. The monoisotopic (exact) mass is 217 g/mol. The highest BCUT2D eigenvalue weighted by Crippen LogP contribution is 2.43. The lowest BCUT2D eigenvalue weighted by atomic mass is 10.1. The van der Waals surface area contributed by atoms with Crippen molar-refractivity contribution in [2.24, 2.45) is 4.99 Å². The third kappa shape index (κ3) is 1.45. The zero-order valence-corrected chi connectivity index (χ0v) is 7.16. The normalized spacial score (nSPS) is 35.6. The fourth-order valence-corrected chi connectivity index (χ4v) is 1.12. The lowest BCUT2D eigenvalue weighted by Gasteiger charge is -2.29. The number of halogens is 5. The summed E-state index contributed by atoms with van der Waals surface area (Å²) in [5.41, 5.74) is -1.50. The van der Waals surface area contributed by atoms with Crippen LogP contribution in [-0.4, -0.2) is 22.8 Å². The minimum absolute atomic E-state index is 0.791. The van der Waals surface area contributed by atoms with E-state index in [0.717, 1.165) is 12.2 Å². The Morgan fingerprint density at radius 1 is 1.42 bits per heavy atom. The van der Waals surface area contributed by atoms with Crippen LogP contribution in [0.5, 0.6) is 0 Å². The van der Waals surface area contributed by atoms with Crippen LogP contribution in [0.1, 0.15) is 0 Å². The van der Waals surface area contributed by atoms with E-state index in [4.69, 9.17) is 23.2 Å². The van der Waals surface area contributed by atoms with E-state index in [0.29, 0.717) is 0 Å². The first-order valence-corrected chi connectivity index (χ1v) is 3.80. The Bertz CT molecular complexity index is 235. The van der Waals surface area contributed by atoms with Crippen LogP contribution < -0.4 is 0 Å². The number of hydrogen-bond donors (Lipinski definition) is 0. The first-order chi connectivity index (χ1) is 5.38.